The third kappa shape index (κ3) is 3.14. The number of pyridine rings is 1. The van der Waals surface area contributed by atoms with E-state index in [1.165, 1.54) is 11.1 Å². The van der Waals surface area contributed by atoms with Gasteiger partial charge in [-0.3, -0.25) is 4.98 Å². The number of hydrogen-bond acceptors (Lipinski definition) is 4. The molecule has 2 rings (SSSR count). The van der Waals surface area contributed by atoms with Crippen molar-refractivity contribution in [3.8, 4) is 0 Å². The van der Waals surface area contributed by atoms with Crippen LogP contribution in [-0.4, -0.2) is 37.5 Å². The highest BCUT2D eigenvalue weighted by molar-refractivity contribution is 5.23. The van der Waals surface area contributed by atoms with E-state index in [4.69, 9.17) is 9.47 Å². The Balaban J connectivity index is 2.31. The molecule has 1 saturated heterocycles. The minimum absolute atomic E-state index is 0.156. The predicted octanol–water partition coefficient (Wildman–Crippen LogP) is 2.24. The van der Waals surface area contributed by atoms with Crippen molar-refractivity contribution < 1.29 is 9.47 Å². The average molecular weight is 264 g/mol. The second kappa shape index (κ2) is 6.46. The van der Waals surface area contributed by atoms with E-state index in [0.717, 1.165) is 32.7 Å². The molecule has 1 N–H and O–H groups in total. The lowest BCUT2D eigenvalue weighted by Crippen LogP contribution is -2.49. The molecule has 0 spiro atoms. The zero-order valence-corrected chi connectivity index (χ0v) is 12.1. The van der Waals surface area contributed by atoms with Gasteiger partial charge in [-0.05, 0) is 32.0 Å². The molecule has 106 valence electrons. The Kier molecular flexibility index (Phi) is 4.91. The molecule has 0 aromatic carbocycles. The van der Waals surface area contributed by atoms with E-state index in [-0.39, 0.29) is 11.6 Å². The van der Waals surface area contributed by atoms with Crippen molar-refractivity contribution in [1.29, 1.82) is 0 Å². The summed E-state index contributed by atoms with van der Waals surface area (Å²) in [6.07, 6.45) is 5.65. The van der Waals surface area contributed by atoms with Crippen molar-refractivity contribution in [1.82, 2.24) is 10.3 Å². The highest BCUT2D eigenvalue weighted by Gasteiger charge is 2.41. The monoisotopic (exact) mass is 264 g/mol. The Morgan fingerprint density at radius 3 is 2.74 bits per heavy atom. The molecular formula is C15H24N2O2. The number of ether oxygens (including phenoxy) is 2. The molecule has 1 aliphatic rings. The normalized spacial score (nSPS) is 20.2. The van der Waals surface area contributed by atoms with Gasteiger partial charge in [-0.15, -0.1) is 0 Å². The molecule has 1 unspecified atom stereocenters. The van der Waals surface area contributed by atoms with Crippen LogP contribution in [0.2, 0.25) is 0 Å². The maximum atomic E-state index is 6.15. The average Bonchev–Trinajstić information content (AvgIpc) is 2.41. The zero-order valence-electron chi connectivity index (χ0n) is 12.1. The van der Waals surface area contributed by atoms with E-state index < -0.39 is 0 Å². The first-order chi connectivity index (χ1) is 9.22. The summed E-state index contributed by atoms with van der Waals surface area (Å²) in [5.41, 5.74) is 2.19. The van der Waals surface area contributed by atoms with Crippen molar-refractivity contribution >= 4 is 0 Å². The molecule has 1 aliphatic heterocycles. The smallest absolute Gasteiger partial charge is 0.0920 e. The number of nitrogens with one attached hydrogen (secondary N) is 1. The standard InChI is InChI=1S/C15H24N2O2/c1-4-19-15(5-7-18-8-6-15)14(16-3)13-9-12(2)10-17-11-13/h9-11,14,16H,4-8H2,1-3H3. The van der Waals surface area contributed by atoms with Gasteiger partial charge in [0.2, 0.25) is 0 Å². The van der Waals surface area contributed by atoms with Crippen molar-refractivity contribution in [3.05, 3.63) is 29.6 Å². The highest BCUT2D eigenvalue weighted by atomic mass is 16.5. The summed E-state index contributed by atoms with van der Waals surface area (Å²) in [6.45, 7) is 6.37. The second-order valence-corrected chi connectivity index (χ2v) is 5.13. The minimum atomic E-state index is -0.183. The fraction of sp³-hybridized carbons (Fsp3) is 0.667. The summed E-state index contributed by atoms with van der Waals surface area (Å²) in [4.78, 5) is 4.31. The molecule has 4 nitrogen and oxygen atoms in total. The third-order valence-electron chi connectivity index (χ3n) is 3.82. The lowest BCUT2D eigenvalue weighted by molar-refractivity contribution is -0.127. The molecule has 4 heteroatoms. The summed E-state index contributed by atoms with van der Waals surface area (Å²) in [7, 11) is 1.99. The second-order valence-electron chi connectivity index (χ2n) is 5.13. The van der Waals surface area contributed by atoms with Crippen LogP contribution in [0, 0.1) is 6.92 Å². The molecule has 0 saturated carbocycles. The number of rotatable bonds is 5. The number of likely N-dealkylation sites (N-methyl/N-ethyl adjacent to an activating group) is 1. The topological polar surface area (TPSA) is 43.4 Å². The van der Waals surface area contributed by atoms with Gasteiger partial charge in [0.1, 0.15) is 0 Å². The van der Waals surface area contributed by atoms with E-state index in [2.05, 4.69) is 30.2 Å². The van der Waals surface area contributed by atoms with E-state index in [1.54, 1.807) is 0 Å². The Hall–Kier alpha value is -0.970. The van der Waals surface area contributed by atoms with Gasteiger partial charge in [-0.2, -0.15) is 0 Å². The number of hydrogen-bond donors (Lipinski definition) is 1. The lowest BCUT2D eigenvalue weighted by atomic mass is 9.82. The van der Waals surface area contributed by atoms with Gasteiger partial charge >= 0.3 is 0 Å². The van der Waals surface area contributed by atoms with Crippen LogP contribution >= 0.6 is 0 Å². The van der Waals surface area contributed by atoms with Crippen LogP contribution in [0.15, 0.2) is 18.5 Å². The molecule has 0 bridgehead atoms. The van der Waals surface area contributed by atoms with Crippen LogP contribution in [0.1, 0.15) is 36.9 Å². The molecular weight excluding hydrogens is 240 g/mol. The zero-order chi connectivity index (χ0) is 13.7. The summed E-state index contributed by atoms with van der Waals surface area (Å²) in [5, 5.41) is 3.42. The molecule has 1 aromatic heterocycles. The quantitative estimate of drug-likeness (QED) is 0.885. The fourth-order valence-corrected chi connectivity index (χ4v) is 2.99. The van der Waals surface area contributed by atoms with Crippen LogP contribution in [0.5, 0.6) is 0 Å². The summed E-state index contributed by atoms with van der Waals surface area (Å²) < 4.78 is 11.6. The molecule has 0 amide bonds. The number of nitrogens with zero attached hydrogens (tertiary/aromatic N) is 1. The molecule has 19 heavy (non-hydrogen) atoms. The van der Waals surface area contributed by atoms with E-state index in [9.17, 15) is 0 Å². The van der Waals surface area contributed by atoms with Crippen LogP contribution in [0.3, 0.4) is 0 Å². The van der Waals surface area contributed by atoms with Gasteiger partial charge in [0.05, 0.1) is 11.6 Å². The molecule has 0 radical (unpaired) electrons. The Morgan fingerprint density at radius 1 is 1.42 bits per heavy atom. The van der Waals surface area contributed by atoms with Crippen molar-refractivity contribution in [2.75, 3.05) is 26.9 Å². The van der Waals surface area contributed by atoms with Gasteiger partial charge in [-0.1, -0.05) is 6.07 Å². The van der Waals surface area contributed by atoms with Crippen LogP contribution in [0.25, 0.3) is 0 Å². The molecule has 2 heterocycles. The number of aryl methyl sites for hydroxylation is 1. The lowest BCUT2D eigenvalue weighted by Gasteiger charge is -2.43. The predicted molar refractivity (Wildman–Crippen MR) is 75.2 cm³/mol. The Bertz CT molecular complexity index is 397. The van der Waals surface area contributed by atoms with Gasteiger partial charge in [-0.25, -0.2) is 0 Å². The SMILES string of the molecule is CCOC1(C(NC)c2cncc(C)c2)CCOCC1. The first kappa shape index (κ1) is 14.4. The maximum Gasteiger partial charge on any atom is 0.0920 e. The molecule has 1 atom stereocenters. The third-order valence-corrected chi connectivity index (χ3v) is 3.82. The van der Waals surface area contributed by atoms with Crippen molar-refractivity contribution in [3.63, 3.8) is 0 Å². The maximum absolute atomic E-state index is 6.15. The number of aromatic nitrogens is 1. The first-order valence-electron chi connectivity index (χ1n) is 7.02. The highest BCUT2D eigenvalue weighted by Crippen LogP contribution is 2.37. The largest absolute Gasteiger partial charge is 0.381 e. The van der Waals surface area contributed by atoms with Gasteiger partial charge in [0, 0.05) is 45.1 Å². The summed E-state index contributed by atoms with van der Waals surface area (Å²) >= 11 is 0. The van der Waals surface area contributed by atoms with Crippen molar-refractivity contribution in [2.24, 2.45) is 0 Å². The van der Waals surface area contributed by atoms with Gasteiger partial charge in [0.15, 0.2) is 0 Å². The van der Waals surface area contributed by atoms with Crippen LogP contribution in [-0.2, 0) is 9.47 Å². The Morgan fingerprint density at radius 2 is 2.16 bits per heavy atom. The van der Waals surface area contributed by atoms with E-state index >= 15 is 0 Å². The van der Waals surface area contributed by atoms with Gasteiger partial charge in [0.25, 0.3) is 0 Å². The van der Waals surface area contributed by atoms with Crippen molar-refractivity contribution in [2.45, 2.75) is 38.3 Å². The molecule has 0 aliphatic carbocycles. The van der Waals surface area contributed by atoms with E-state index in [0.29, 0.717) is 0 Å². The van der Waals surface area contributed by atoms with E-state index in [1.807, 2.05) is 19.4 Å². The van der Waals surface area contributed by atoms with Gasteiger partial charge < -0.3 is 14.8 Å². The minimum Gasteiger partial charge on any atom is -0.381 e. The summed E-state index contributed by atoms with van der Waals surface area (Å²) in [6, 6.07) is 2.34. The summed E-state index contributed by atoms with van der Waals surface area (Å²) in [5.74, 6) is 0. The van der Waals surface area contributed by atoms with Crippen LogP contribution < -0.4 is 5.32 Å². The molecule has 1 aromatic rings. The first-order valence-corrected chi connectivity index (χ1v) is 7.02. The fourth-order valence-electron chi connectivity index (χ4n) is 2.99. The molecule has 1 fully saturated rings. The van der Waals surface area contributed by atoms with Crippen LogP contribution in [0.4, 0.5) is 0 Å². The Labute approximate surface area is 115 Å².